The van der Waals surface area contributed by atoms with E-state index in [0.29, 0.717) is 5.69 Å². The molecule has 2 rings (SSSR count). The minimum Gasteiger partial charge on any atom is -0.485 e. The first-order valence-electron chi connectivity index (χ1n) is 6.06. The molecule has 0 spiro atoms. The van der Waals surface area contributed by atoms with Gasteiger partial charge in [-0.3, -0.25) is 9.59 Å². The molecule has 5 nitrogen and oxygen atoms in total. The van der Waals surface area contributed by atoms with Gasteiger partial charge in [-0.05, 0) is 26.0 Å². The van der Waals surface area contributed by atoms with Crippen LogP contribution in [0.5, 0.6) is 5.75 Å². The zero-order valence-electron chi connectivity index (χ0n) is 11.2. The Kier molecular flexibility index (Phi) is 3.55. The molecule has 1 aromatic heterocycles. The highest BCUT2D eigenvalue weighted by Gasteiger charge is 2.11. The zero-order chi connectivity index (χ0) is 14.0. The van der Waals surface area contributed by atoms with Gasteiger partial charge in [-0.25, -0.2) is 9.36 Å². The van der Waals surface area contributed by atoms with Gasteiger partial charge in [0, 0.05) is 7.05 Å². The van der Waals surface area contributed by atoms with Gasteiger partial charge < -0.3 is 4.74 Å². The summed E-state index contributed by atoms with van der Waals surface area (Å²) in [6.45, 7) is 3.62. The van der Waals surface area contributed by atoms with Crippen LogP contribution in [-0.2, 0) is 7.05 Å². The second-order valence-corrected chi connectivity index (χ2v) is 4.49. The summed E-state index contributed by atoms with van der Waals surface area (Å²) in [7, 11) is 1.55. The lowest BCUT2D eigenvalue weighted by Crippen LogP contribution is -2.36. The summed E-state index contributed by atoms with van der Waals surface area (Å²) in [5.74, 6) is 0.0784. The number of para-hydroxylation sites is 1. The van der Waals surface area contributed by atoms with Crippen LogP contribution in [0.2, 0.25) is 0 Å². The van der Waals surface area contributed by atoms with E-state index in [9.17, 15) is 9.59 Å². The van der Waals surface area contributed by atoms with E-state index in [1.807, 2.05) is 32.0 Å². The van der Waals surface area contributed by atoms with Gasteiger partial charge in [0.25, 0.3) is 5.56 Å². The van der Waals surface area contributed by atoms with Gasteiger partial charge >= 0.3 is 5.56 Å². The molecular formula is C14H16N2O3. The molecule has 0 atom stereocenters. The third-order valence-electron chi connectivity index (χ3n) is 2.63. The number of hydrogen-bond donors (Lipinski definition) is 0. The van der Waals surface area contributed by atoms with Gasteiger partial charge in [0.05, 0.1) is 17.9 Å². The monoisotopic (exact) mass is 260 g/mol. The smallest absolute Gasteiger partial charge is 0.307 e. The summed E-state index contributed by atoms with van der Waals surface area (Å²) in [5.41, 5.74) is 0.00398. The van der Waals surface area contributed by atoms with Crippen molar-refractivity contribution in [2.75, 3.05) is 0 Å². The lowest BCUT2D eigenvalue weighted by Gasteiger charge is -2.14. The maximum atomic E-state index is 12.1. The summed E-state index contributed by atoms with van der Waals surface area (Å²) in [6.07, 6.45) is -0.153. The van der Waals surface area contributed by atoms with Crippen LogP contribution < -0.4 is 15.9 Å². The van der Waals surface area contributed by atoms with E-state index < -0.39 is 0 Å². The summed E-state index contributed by atoms with van der Waals surface area (Å²) in [4.78, 5) is 24.2. The molecule has 0 radical (unpaired) electrons. The van der Waals surface area contributed by atoms with Crippen molar-refractivity contribution in [3.63, 3.8) is 0 Å². The molecule has 0 bridgehead atoms. The average Bonchev–Trinajstić information content (AvgIpc) is 2.36. The van der Waals surface area contributed by atoms with Crippen molar-refractivity contribution in [2.45, 2.75) is 20.0 Å². The molecule has 5 heteroatoms. The van der Waals surface area contributed by atoms with Crippen LogP contribution in [0.3, 0.4) is 0 Å². The fourth-order valence-electron chi connectivity index (χ4n) is 1.84. The van der Waals surface area contributed by atoms with Crippen LogP contribution in [0.15, 0.2) is 46.0 Å². The van der Waals surface area contributed by atoms with Crippen LogP contribution in [0.25, 0.3) is 5.69 Å². The second-order valence-electron chi connectivity index (χ2n) is 4.49. The second kappa shape index (κ2) is 5.14. The zero-order valence-corrected chi connectivity index (χ0v) is 11.2. The molecule has 0 saturated heterocycles. The Balaban J connectivity index is 2.64. The van der Waals surface area contributed by atoms with E-state index in [2.05, 4.69) is 0 Å². The van der Waals surface area contributed by atoms with Gasteiger partial charge in [-0.1, -0.05) is 18.2 Å². The van der Waals surface area contributed by atoms with Crippen molar-refractivity contribution >= 4 is 0 Å². The van der Waals surface area contributed by atoms with E-state index in [4.69, 9.17) is 4.74 Å². The minimum atomic E-state index is -0.336. The number of ether oxygens (including phenoxy) is 1. The fraction of sp³-hybridized carbons (Fsp3) is 0.286. The highest BCUT2D eigenvalue weighted by atomic mass is 16.5. The van der Waals surface area contributed by atoms with Crippen molar-refractivity contribution < 1.29 is 4.74 Å². The van der Waals surface area contributed by atoms with Crippen LogP contribution >= 0.6 is 0 Å². The van der Waals surface area contributed by atoms with Crippen LogP contribution in [0.1, 0.15) is 13.8 Å². The average molecular weight is 260 g/mol. The Bertz CT molecular complexity index is 684. The van der Waals surface area contributed by atoms with E-state index in [1.54, 1.807) is 19.2 Å². The summed E-state index contributed by atoms with van der Waals surface area (Å²) in [5, 5.41) is 0. The number of benzene rings is 1. The number of aromatic nitrogens is 2. The predicted molar refractivity (Wildman–Crippen MR) is 73.0 cm³/mol. The molecule has 0 saturated carbocycles. The largest absolute Gasteiger partial charge is 0.485 e. The highest BCUT2D eigenvalue weighted by molar-refractivity contribution is 5.31. The summed E-state index contributed by atoms with van der Waals surface area (Å²) < 4.78 is 7.93. The highest BCUT2D eigenvalue weighted by Crippen LogP contribution is 2.06. The molecule has 2 aromatic rings. The Morgan fingerprint density at radius 1 is 1.11 bits per heavy atom. The number of rotatable bonds is 3. The van der Waals surface area contributed by atoms with E-state index >= 15 is 0 Å². The normalized spacial score (nSPS) is 10.7. The maximum Gasteiger partial charge on any atom is 0.307 e. The van der Waals surface area contributed by atoms with Gasteiger partial charge in [0.15, 0.2) is 5.75 Å². The van der Waals surface area contributed by atoms with Gasteiger partial charge in [0.2, 0.25) is 0 Å². The van der Waals surface area contributed by atoms with Crippen LogP contribution in [0, 0.1) is 0 Å². The quantitative estimate of drug-likeness (QED) is 0.836. The van der Waals surface area contributed by atoms with Crippen LogP contribution in [0.4, 0.5) is 0 Å². The maximum absolute atomic E-state index is 12.1. The Hall–Kier alpha value is -2.30. The van der Waals surface area contributed by atoms with Gasteiger partial charge in [-0.15, -0.1) is 0 Å². The molecule has 0 N–H and O–H groups in total. The standard InChI is InChI=1S/C14H16N2O3/c1-10(2)19-12-9-13(17)16(15(3)14(12)18)11-7-5-4-6-8-11/h4-10H,1-3H3. The SMILES string of the molecule is CC(C)Oc1cc(=O)n(-c2ccccc2)n(C)c1=O. The predicted octanol–water partition coefficient (Wildman–Crippen LogP) is 1.32. The fourth-order valence-corrected chi connectivity index (χ4v) is 1.84. The lowest BCUT2D eigenvalue weighted by molar-refractivity contribution is 0.235. The minimum absolute atomic E-state index is 0.0784. The van der Waals surface area contributed by atoms with Crippen molar-refractivity contribution in [2.24, 2.45) is 7.05 Å². The molecular weight excluding hydrogens is 244 g/mol. The van der Waals surface area contributed by atoms with E-state index in [1.165, 1.54) is 15.4 Å². The third kappa shape index (κ3) is 2.59. The Morgan fingerprint density at radius 3 is 2.32 bits per heavy atom. The van der Waals surface area contributed by atoms with Crippen molar-refractivity contribution in [3.05, 3.63) is 57.1 Å². The molecule has 0 aliphatic heterocycles. The first kappa shape index (κ1) is 13.1. The van der Waals surface area contributed by atoms with Crippen LogP contribution in [-0.4, -0.2) is 15.5 Å². The molecule has 0 amide bonds. The van der Waals surface area contributed by atoms with Crippen molar-refractivity contribution in [1.29, 1.82) is 0 Å². The lowest BCUT2D eigenvalue weighted by atomic mass is 10.3. The van der Waals surface area contributed by atoms with E-state index in [-0.39, 0.29) is 23.0 Å². The summed E-state index contributed by atoms with van der Waals surface area (Å²) in [6, 6.07) is 10.2. The first-order chi connectivity index (χ1) is 9.00. The molecule has 100 valence electrons. The van der Waals surface area contributed by atoms with Gasteiger partial charge in [0.1, 0.15) is 0 Å². The number of hydrogen-bond acceptors (Lipinski definition) is 3. The topological polar surface area (TPSA) is 53.2 Å². The van der Waals surface area contributed by atoms with Gasteiger partial charge in [-0.2, -0.15) is 0 Å². The number of nitrogens with zero attached hydrogens (tertiary/aromatic N) is 2. The molecule has 1 heterocycles. The Morgan fingerprint density at radius 2 is 1.74 bits per heavy atom. The summed E-state index contributed by atoms with van der Waals surface area (Å²) >= 11 is 0. The van der Waals surface area contributed by atoms with Crippen molar-refractivity contribution in [1.82, 2.24) is 9.36 Å². The molecule has 0 unspecified atom stereocenters. The molecule has 19 heavy (non-hydrogen) atoms. The Labute approximate surface area is 110 Å². The van der Waals surface area contributed by atoms with E-state index in [0.717, 1.165) is 0 Å². The van der Waals surface area contributed by atoms with Crippen molar-refractivity contribution in [3.8, 4) is 11.4 Å². The first-order valence-corrected chi connectivity index (χ1v) is 6.06. The third-order valence-corrected chi connectivity index (χ3v) is 2.63. The molecule has 0 aliphatic carbocycles. The molecule has 1 aromatic carbocycles. The molecule has 0 fully saturated rings. The molecule has 0 aliphatic rings.